The lowest BCUT2D eigenvalue weighted by molar-refractivity contribution is 0.0929. The minimum Gasteiger partial charge on any atom is -0.451 e. The summed E-state index contributed by atoms with van der Waals surface area (Å²) in [5.41, 5.74) is 1.31. The zero-order valence-electron chi connectivity index (χ0n) is 13.3. The van der Waals surface area contributed by atoms with E-state index in [4.69, 9.17) is 16.0 Å². The van der Waals surface area contributed by atoms with Crippen molar-refractivity contribution < 1.29 is 9.21 Å². The molecule has 0 aliphatic heterocycles. The Morgan fingerprint density at radius 1 is 1.12 bits per heavy atom. The first-order valence-corrected chi connectivity index (χ1v) is 9.30. The Bertz CT molecular complexity index is 940. The first-order chi connectivity index (χ1) is 12.1. The maximum atomic E-state index is 12.2. The second-order valence-electron chi connectivity index (χ2n) is 5.41. The lowest BCUT2D eigenvalue weighted by Crippen LogP contribution is -2.26. The zero-order chi connectivity index (χ0) is 17.6. The zero-order valence-corrected chi connectivity index (χ0v) is 14.9. The highest BCUT2D eigenvalue weighted by molar-refractivity contribution is 7.98. The molecule has 0 saturated heterocycles. The summed E-state index contributed by atoms with van der Waals surface area (Å²) in [4.78, 5) is 24.2. The molecule has 25 heavy (non-hydrogen) atoms. The van der Waals surface area contributed by atoms with Gasteiger partial charge in [-0.1, -0.05) is 41.9 Å². The van der Waals surface area contributed by atoms with Crippen LogP contribution in [0.2, 0.25) is 5.02 Å². The van der Waals surface area contributed by atoms with Gasteiger partial charge in [0.15, 0.2) is 11.2 Å². The second kappa shape index (κ2) is 8.23. The maximum Gasteiger partial charge on any atom is 0.287 e. The number of nitrogens with one attached hydrogen (secondary N) is 1. The summed E-state index contributed by atoms with van der Waals surface area (Å²) in [6, 6.07) is 16.1. The number of rotatable bonds is 6. The number of hydrogen-bond acceptors (Lipinski definition) is 4. The Balaban J connectivity index is 1.55. The average molecular weight is 374 g/mol. The molecule has 0 aliphatic carbocycles. The van der Waals surface area contributed by atoms with Gasteiger partial charge in [-0.3, -0.25) is 9.59 Å². The third-order valence-electron chi connectivity index (χ3n) is 3.56. The molecule has 3 aromatic rings. The molecule has 1 amide bonds. The molecular weight excluding hydrogens is 358 g/mol. The molecule has 0 saturated carbocycles. The van der Waals surface area contributed by atoms with Gasteiger partial charge < -0.3 is 9.73 Å². The predicted molar refractivity (Wildman–Crippen MR) is 102 cm³/mol. The van der Waals surface area contributed by atoms with Crippen LogP contribution in [-0.4, -0.2) is 18.2 Å². The van der Waals surface area contributed by atoms with Crippen LogP contribution in [-0.2, 0) is 5.75 Å². The van der Waals surface area contributed by atoms with Crippen LogP contribution in [0.3, 0.4) is 0 Å². The quantitative estimate of drug-likeness (QED) is 0.660. The van der Waals surface area contributed by atoms with Gasteiger partial charge in [-0.2, -0.15) is 11.8 Å². The number of fused-ring (bicyclic) bond motifs is 1. The van der Waals surface area contributed by atoms with Crippen molar-refractivity contribution in [3.8, 4) is 0 Å². The number of hydrogen-bond donors (Lipinski definition) is 1. The Hall–Kier alpha value is -2.24. The van der Waals surface area contributed by atoms with Crippen molar-refractivity contribution in [2.75, 3.05) is 12.3 Å². The topological polar surface area (TPSA) is 59.3 Å². The van der Waals surface area contributed by atoms with Gasteiger partial charge in [0.25, 0.3) is 5.91 Å². The van der Waals surface area contributed by atoms with Gasteiger partial charge in [0.05, 0.1) is 5.39 Å². The molecule has 128 valence electrons. The molecule has 0 fully saturated rings. The lowest BCUT2D eigenvalue weighted by Gasteiger charge is -2.06. The first kappa shape index (κ1) is 17.6. The van der Waals surface area contributed by atoms with Crippen molar-refractivity contribution in [3.05, 3.63) is 81.2 Å². The molecule has 0 spiro atoms. The number of amides is 1. The van der Waals surface area contributed by atoms with Crippen molar-refractivity contribution in [3.63, 3.8) is 0 Å². The van der Waals surface area contributed by atoms with Crippen molar-refractivity contribution in [2.24, 2.45) is 0 Å². The Kier molecular flexibility index (Phi) is 5.79. The largest absolute Gasteiger partial charge is 0.451 e. The van der Waals surface area contributed by atoms with Gasteiger partial charge in [0, 0.05) is 29.1 Å². The Morgan fingerprint density at radius 3 is 2.72 bits per heavy atom. The molecule has 4 nitrogen and oxygen atoms in total. The van der Waals surface area contributed by atoms with E-state index in [1.165, 1.54) is 17.7 Å². The average Bonchev–Trinajstić information content (AvgIpc) is 2.62. The van der Waals surface area contributed by atoms with Gasteiger partial charge in [0.1, 0.15) is 5.58 Å². The van der Waals surface area contributed by atoms with Crippen LogP contribution < -0.4 is 10.7 Å². The highest BCUT2D eigenvalue weighted by Crippen LogP contribution is 2.17. The van der Waals surface area contributed by atoms with Crippen LogP contribution in [0.25, 0.3) is 11.0 Å². The molecule has 0 bridgehead atoms. The molecule has 0 radical (unpaired) electrons. The standard InChI is InChI=1S/C19H16ClNO3S/c20-14-6-7-17-15(10-14)16(22)11-18(24-17)19(23)21-8-9-25-12-13-4-2-1-3-5-13/h1-7,10-11H,8-9,12H2,(H,21,23). The summed E-state index contributed by atoms with van der Waals surface area (Å²) < 4.78 is 5.51. The third-order valence-corrected chi connectivity index (χ3v) is 4.82. The van der Waals surface area contributed by atoms with Gasteiger partial charge in [0.2, 0.25) is 0 Å². The van der Waals surface area contributed by atoms with E-state index in [0.717, 1.165) is 11.5 Å². The van der Waals surface area contributed by atoms with E-state index in [9.17, 15) is 9.59 Å². The smallest absolute Gasteiger partial charge is 0.287 e. The second-order valence-corrected chi connectivity index (χ2v) is 6.95. The summed E-state index contributed by atoms with van der Waals surface area (Å²) in [6.45, 7) is 0.499. The Morgan fingerprint density at radius 2 is 1.92 bits per heavy atom. The van der Waals surface area contributed by atoms with Crippen molar-refractivity contribution in [1.82, 2.24) is 5.32 Å². The summed E-state index contributed by atoms with van der Waals surface area (Å²) in [6.07, 6.45) is 0. The molecule has 1 heterocycles. The van der Waals surface area contributed by atoms with Crippen molar-refractivity contribution in [2.45, 2.75) is 5.75 Å². The lowest BCUT2D eigenvalue weighted by atomic mass is 10.2. The molecule has 6 heteroatoms. The summed E-state index contributed by atoms with van der Waals surface area (Å²) in [5.74, 6) is 1.28. The van der Waals surface area contributed by atoms with Crippen LogP contribution in [0.15, 0.2) is 63.8 Å². The van der Waals surface area contributed by atoms with Gasteiger partial charge in [-0.25, -0.2) is 0 Å². The minimum atomic E-state index is -0.394. The summed E-state index contributed by atoms with van der Waals surface area (Å²) in [5, 5.41) is 3.58. The van der Waals surface area contributed by atoms with Crippen LogP contribution in [0.5, 0.6) is 0 Å². The van der Waals surface area contributed by atoms with Crippen LogP contribution in [0, 0.1) is 0 Å². The number of thioether (sulfide) groups is 1. The normalized spacial score (nSPS) is 10.8. The molecule has 0 unspecified atom stereocenters. The minimum absolute atomic E-state index is 0.00730. The molecular formula is C19H16ClNO3S. The van der Waals surface area contributed by atoms with Crippen LogP contribution >= 0.6 is 23.4 Å². The van der Waals surface area contributed by atoms with E-state index in [2.05, 4.69) is 17.4 Å². The van der Waals surface area contributed by atoms with Crippen molar-refractivity contribution in [1.29, 1.82) is 0 Å². The molecule has 1 aromatic heterocycles. The van der Waals surface area contributed by atoms with E-state index >= 15 is 0 Å². The van der Waals surface area contributed by atoms with Gasteiger partial charge in [-0.15, -0.1) is 0 Å². The van der Waals surface area contributed by atoms with Crippen LogP contribution in [0.4, 0.5) is 0 Å². The van der Waals surface area contributed by atoms with Gasteiger partial charge in [-0.05, 0) is 23.8 Å². The third kappa shape index (κ3) is 4.65. The number of benzene rings is 2. The van der Waals surface area contributed by atoms with Gasteiger partial charge >= 0.3 is 0 Å². The molecule has 2 aromatic carbocycles. The number of carbonyl (C=O) groups excluding carboxylic acids is 1. The molecule has 0 aliphatic rings. The van der Waals surface area contributed by atoms with E-state index in [1.54, 1.807) is 23.9 Å². The predicted octanol–water partition coefficient (Wildman–Crippen LogP) is 4.11. The SMILES string of the molecule is O=C(NCCSCc1ccccc1)c1cc(=O)c2cc(Cl)ccc2o1. The fourth-order valence-electron chi connectivity index (χ4n) is 2.33. The van der Waals surface area contributed by atoms with Crippen molar-refractivity contribution >= 4 is 40.2 Å². The monoisotopic (exact) mass is 373 g/mol. The fraction of sp³-hybridized carbons (Fsp3) is 0.158. The maximum absolute atomic E-state index is 12.2. The number of halogens is 1. The van der Waals surface area contributed by atoms with Crippen LogP contribution in [0.1, 0.15) is 16.1 Å². The fourth-order valence-corrected chi connectivity index (χ4v) is 3.32. The molecule has 3 rings (SSSR count). The van der Waals surface area contributed by atoms with E-state index in [-0.39, 0.29) is 11.2 Å². The van der Waals surface area contributed by atoms with E-state index in [1.807, 2.05) is 18.2 Å². The van der Waals surface area contributed by atoms with E-state index < -0.39 is 5.91 Å². The molecule has 0 atom stereocenters. The molecule has 1 N–H and O–H groups in total. The summed E-state index contributed by atoms with van der Waals surface area (Å²) in [7, 11) is 0. The highest BCUT2D eigenvalue weighted by atomic mass is 35.5. The Labute approximate surface area is 154 Å². The highest BCUT2D eigenvalue weighted by Gasteiger charge is 2.12. The number of carbonyl (C=O) groups is 1. The summed E-state index contributed by atoms with van der Waals surface area (Å²) >= 11 is 7.60. The first-order valence-electron chi connectivity index (χ1n) is 7.77. The van der Waals surface area contributed by atoms with E-state index in [0.29, 0.717) is 22.5 Å².